The number of hydrogen-bond donors (Lipinski definition) is 4. The molecular formula is C22H30N6O2S. The van der Waals surface area contributed by atoms with Gasteiger partial charge in [-0.3, -0.25) is 5.10 Å². The molecule has 5 rings (SSSR count). The van der Waals surface area contributed by atoms with Gasteiger partial charge in [-0.1, -0.05) is 0 Å². The summed E-state index contributed by atoms with van der Waals surface area (Å²) < 4.78 is 5.62. The molecule has 0 radical (unpaired) electrons. The maximum absolute atomic E-state index is 11.8. The topological polar surface area (TPSA) is 110 Å². The summed E-state index contributed by atoms with van der Waals surface area (Å²) in [5.41, 5.74) is 0.902. The highest BCUT2D eigenvalue weighted by molar-refractivity contribution is 8.00. The smallest absolute Gasteiger partial charge is 0.143 e. The van der Waals surface area contributed by atoms with Crippen molar-refractivity contribution >= 4 is 35.4 Å². The molecule has 9 heteroatoms. The lowest BCUT2D eigenvalue weighted by atomic mass is 9.67. The predicted octanol–water partition coefficient (Wildman–Crippen LogP) is 3.27. The molecule has 3 aliphatic rings. The second kappa shape index (κ2) is 8.11. The summed E-state index contributed by atoms with van der Waals surface area (Å²) in [5, 5.41) is 30.2. The van der Waals surface area contributed by atoms with Crippen LogP contribution in [0.5, 0.6) is 0 Å². The van der Waals surface area contributed by atoms with Crippen LogP contribution in [0, 0.1) is 10.8 Å². The molecule has 3 fully saturated rings. The summed E-state index contributed by atoms with van der Waals surface area (Å²) in [6.07, 6.45) is 6.49. The van der Waals surface area contributed by atoms with Crippen LogP contribution < -0.4 is 10.2 Å². The van der Waals surface area contributed by atoms with Crippen LogP contribution >= 0.6 is 11.8 Å². The number of nitrogens with one attached hydrogen (secondary N) is 3. The third-order valence-electron chi connectivity index (χ3n) is 7.06. The summed E-state index contributed by atoms with van der Waals surface area (Å²) in [4.78, 5) is 7.11. The lowest BCUT2D eigenvalue weighted by molar-refractivity contribution is -0.0308. The van der Waals surface area contributed by atoms with Gasteiger partial charge in [-0.15, -0.1) is 0 Å². The zero-order valence-electron chi connectivity index (χ0n) is 17.9. The Morgan fingerprint density at radius 1 is 1.35 bits per heavy atom. The number of H-pyrrole nitrogens is 1. The molecule has 0 aromatic carbocycles. The third kappa shape index (κ3) is 3.83. The fourth-order valence-corrected chi connectivity index (χ4v) is 6.34. The van der Waals surface area contributed by atoms with Crippen LogP contribution in [0.3, 0.4) is 0 Å². The van der Waals surface area contributed by atoms with Crippen LogP contribution in [0.15, 0.2) is 18.3 Å². The van der Waals surface area contributed by atoms with Crippen LogP contribution in [0.2, 0.25) is 0 Å². The number of nitrogens with zero attached hydrogens (tertiary/aromatic N) is 3. The highest BCUT2D eigenvalue weighted by Gasteiger charge is 2.47. The zero-order chi connectivity index (χ0) is 21.5. The number of thioether (sulfide) groups is 1. The van der Waals surface area contributed by atoms with Crippen LogP contribution in [-0.2, 0) is 10.3 Å². The molecule has 8 nitrogen and oxygen atoms in total. The van der Waals surface area contributed by atoms with Crippen molar-refractivity contribution < 1.29 is 9.84 Å². The number of aliphatic hydroxyl groups is 1. The largest absolute Gasteiger partial charge is 0.385 e. The summed E-state index contributed by atoms with van der Waals surface area (Å²) in [7, 11) is 0. The highest BCUT2D eigenvalue weighted by atomic mass is 32.2. The molecule has 4 N–H and O–H groups in total. The molecule has 1 saturated carbocycles. The van der Waals surface area contributed by atoms with E-state index in [9.17, 15) is 5.11 Å². The maximum Gasteiger partial charge on any atom is 0.143 e. The van der Waals surface area contributed by atoms with E-state index in [1.165, 1.54) is 17.7 Å². The van der Waals surface area contributed by atoms with E-state index >= 15 is 0 Å². The molecule has 1 aliphatic carbocycles. The number of pyridine rings is 1. The van der Waals surface area contributed by atoms with E-state index in [1.54, 1.807) is 6.20 Å². The third-order valence-corrected chi connectivity index (χ3v) is 8.69. The fraction of sp³-hybridized carbons (Fsp3) is 0.591. The SMILES string of the molecule is CC1COCCN1c1cc(C2(O)CCC3(CC2)CSC3)c(C=N)c(Nc2ccn[nH]2)n1. The van der Waals surface area contributed by atoms with Gasteiger partial charge in [0.1, 0.15) is 17.5 Å². The van der Waals surface area contributed by atoms with Gasteiger partial charge < -0.3 is 25.5 Å². The molecule has 2 aromatic rings. The van der Waals surface area contributed by atoms with Crippen molar-refractivity contribution in [3.05, 3.63) is 29.5 Å². The van der Waals surface area contributed by atoms with Crippen molar-refractivity contribution in [2.45, 2.75) is 44.2 Å². The van der Waals surface area contributed by atoms with E-state index < -0.39 is 5.60 Å². The molecule has 0 bridgehead atoms. The van der Waals surface area contributed by atoms with Gasteiger partial charge in [0, 0.05) is 24.4 Å². The summed E-state index contributed by atoms with van der Waals surface area (Å²) in [5.74, 6) is 4.50. The van der Waals surface area contributed by atoms with Crippen LogP contribution in [0.4, 0.5) is 17.5 Å². The molecule has 0 amide bonds. The number of hydrogen-bond acceptors (Lipinski definition) is 8. The minimum Gasteiger partial charge on any atom is -0.385 e. The molecule has 2 saturated heterocycles. The monoisotopic (exact) mass is 442 g/mol. The summed E-state index contributed by atoms with van der Waals surface area (Å²) in [6.45, 7) is 4.18. The van der Waals surface area contributed by atoms with E-state index in [1.807, 2.05) is 23.9 Å². The van der Waals surface area contributed by atoms with Gasteiger partial charge in [-0.2, -0.15) is 16.9 Å². The van der Waals surface area contributed by atoms with Gasteiger partial charge in [0.05, 0.1) is 31.1 Å². The number of aromatic amines is 1. The zero-order valence-corrected chi connectivity index (χ0v) is 18.7. The fourth-order valence-electron chi connectivity index (χ4n) is 4.98. The average Bonchev–Trinajstić information content (AvgIpc) is 3.26. The second-order valence-corrected chi connectivity index (χ2v) is 10.2. The Morgan fingerprint density at radius 3 is 2.77 bits per heavy atom. The normalized spacial score (nSPS) is 24.6. The molecule has 31 heavy (non-hydrogen) atoms. The van der Waals surface area contributed by atoms with Crippen molar-refractivity contribution in [2.75, 3.05) is 41.5 Å². The number of morpholine rings is 1. The Balaban J connectivity index is 1.56. The standard InChI is InChI=1S/C22H30N6O2S/c1-15-12-30-9-8-28(15)19-10-17(22(29)5-3-21(4-6-22)13-31-14-21)16(11-23)20(26-19)25-18-2-7-24-27-18/h2,7,10-11,15,23,29H,3-6,8-9,12-14H2,1H3,(H2,24,25,26,27). The van der Waals surface area contributed by atoms with Crippen LogP contribution in [0.1, 0.15) is 43.7 Å². The number of aromatic nitrogens is 3. The summed E-state index contributed by atoms with van der Waals surface area (Å²) in [6, 6.07) is 4.02. The van der Waals surface area contributed by atoms with E-state index in [2.05, 4.69) is 27.3 Å². The van der Waals surface area contributed by atoms with Gasteiger partial charge in [0.2, 0.25) is 0 Å². The number of rotatable bonds is 5. The molecule has 1 spiro atoms. The quantitative estimate of drug-likeness (QED) is 0.526. The van der Waals surface area contributed by atoms with Crippen LogP contribution in [-0.4, -0.2) is 63.8 Å². The Bertz CT molecular complexity index is 936. The Hall–Kier alpha value is -2.10. The first-order valence-corrected chi connectivity index (χ1v) is 12.1. The first kappa shape index (κ1) is 20.8. The van der Waals surface area contributed by atoms with Crippen molar-refractivity contribution in [3.8, 4) is 0 Å². The lowest BCUT2D eigenvalue weighted by Crippen LogP contribution is -2.46. The van der Waals surface area contributed by atoms with E-state index in [0.717, 1.165) is 43.6 Å². The Labute approximate surface area is 186 Å². The molecule has 4 heterocycles. The minimum atomic E-state index is -0.948. The summed E-state index contributed by atoms with van der Waals surface area (Å²) >= 11 is 2.01. The van der Waals surface area contributed by atoms with Crippen LogP contribution in [0.25, 0.3) is 0 Å². The van der Waals surface area contributed by atoms with Crippen molar-refractivity contribution in [1.29, 1.82) is 5.41 Å². The maximum atomic E-state index is 11.8. The number of ether oxygens (including phenoxy) is 1. The van der Waals surface area contributed by atoms with Gasteiger partial charge in [-0.25, -0.2) is 4.98 Å². The first-order chi connectivity index (χ1) is 15.0. The molecular weight excluding hydrogens is 412 g/mol. The molecule has 166 valence electrons. The van der Waals surface area contributed by atoms with Gasteiger partial charge in [0.15, 0.2) is 0 Å². The number of anilines is 3. The molecule has 2 aromatic heterocycles. The molecule has 2 aliphatic heterocycles. The van der Waals surface area contributed by atoms with E-state index in [0.29, 0.717) is 35.8 Å². The molecule has 1 atom stereocenters. The van der Waals surface area contributed by atoms with E-state index in [-0.39, 0.29) is 6.04 Å². The highest BCUT2D eigenvalue weighted by Crippen LogP contribution is 2.54. The second-order valence-electron chi connectivity index (χ2n) is 9.17. The average molecular weight is 443 g/mol. The lowest BCUT2D eigenvalue weighted by Gasteiger charge is -2.49. The minimum absolute atomic E-state index is 0.191. The molecule has 1 unspecified atom stereocenters. The van der Waals surface area contributed by atoms with Crippen molar-refractivity contribution in [3.63, 3.8) is 0 Å². The van der Waals surface area contributed by atoms with Crippen molar-refractivity contribution in [2.24, 2.45) is 5.41 Å². The first-order valence-electron chi connectivity index (χ1n) is 11.0. The van der Waals surface area contributed by atoms with E-state index in [4.69, 9.17) is 15.1 Å². The van der Waals surface area contributed by atoms with Crippen molar-refractivity contribution in [1.82, 2.24) is 15.2 Å². The van der Waals surface area contributed by atoms with Gasteiger partial charge in [-0.05, 0) is 61.2 Å². The predicted molar refractivity (Wildman–Crippen MR) is 124 cm³/mol. The van der Waals surface area contributed by atoms with Gasteiger partial charge in [0.25, 0.3) is 0 Å². The van der Waals surface area contributed by atoms with Gasteiger partial charge >= 0.3 is 0 Å². The Morgan fingerprint density at radius 2 is 2.16 bits per heavy atom. The Kier molecular flexibility index (Phi) is 5.44.